The number of amidine groups is 1. The molecule has 0 amide bonds. The van der Waals surface area contributed by atoms with Crippen molar-refractivity contribution in [3.05, 3.63) is 71.8 Å². The van der Waals surface area contributed by atoms with Crippen LogP contribution in [0.1, 0.15) is 27.5 Å². The van der Waals surface area contributed by atoms with Crippen molar-refractivity contribution in [1.82, 2.24) is 0 Å². The number of para-hydroxylation sites is 1. The Labute approximate surface area is 123 Å². The number of Topliss-reactive ketones (excluding diaryl/α,β-unsaturated/α-hetero) is 1. The van der Waals surface area contributed by atoms with Gasteiger partial charge in [-0.3, -0.25) is 4.79 Å². The van der Waals surface area contributed by atoms with Gasteiger partial charge in [0, 0.05) is 11.1 Å². The van der Waals surface area contributed by atoms with Crippen molar-refractivity contribution in [2.75, 3.05) is 4.90 Å². The van der Waals surface area contributed by atoms with Crippen LogP contribution >= 0.6 is 0 Å². The van der Waals surface area contributed by atoms with Crippen molar-refractivity contribution in [3.63, 3.8) is 0 Å². The third-order valence-electron chi connectivity index (χ3n) is 4.07. The highest BCUT2D eigenvalue weighted by atomic mass is 16.1. The number of anilines is 1. The van der Waals surface area contributed by atoms with Gasteiger partial charge in [-0.25, -0.2) is 4.99 Å². The second kappa shape index (κ2) is 4.16. The van der Waals surface area contributed by atoms with Gasteiger partial charge in [-0.2, -0.15) is 0 Å². The molecule has 0 spiro atoms. The average molecular weight is 274 g/mol. The predicted octanol–water partition coefficient (Wildman–Crippen LogP) is 3.97. The van der Waals surface area contributed by atoms with Gasteiger partial charge in [-0.15, -0.1) is 6.58 Å². The number of aliphatic imine (C=N–C) groups is 1. The quantitative estimate of drug-likeness (QED) is 0.737. The molecule has 21 heavy (non-hydrogen) atoms. The van der Waals surface area contributed by atoms with Crippen LogP contribution in [0.2, 0.25) is 0 Å². The molecule has 4 rings (SSSR count). The first kappa shape index (κ1) is 12.1. The summed E-state index contributed by atoms with van der Waals surface area (Å²) in [6.07, 6.45) is 1.87. The zero-order valence-electron chi connectivity index (χ0n) is 11.7. The summed E-state index contributed by atoms with van der Waals surface area (Å²) >= 11 is 0. The van der Waals surface area contributed by atoms with E-state index in [9.17, 15) is 4.79 Å². The lowest BCUT2D eigenvalue weighted by Gasteiger charge is -2.32. The van der Waals surface area contributed by atoms with Gasteiger partial charge in [-0.1, -0.05) is 35.9 Å². The highest BCUT2D eigenvalue weighted by molar-refractivity contribution is 6.55. The zero-order chi connectivity index (χ0) is 14.6. The fourth-order valence-corrected chi connectivity index (χ4v) is 3.10. The van der Waals surface area contributed by atoms with Crippen molar-refractivity contribution in [2.24, 2.45) is 4.99 Å². The van der Waals surface area contributed by atoms with Crippen LogP contribution in [0, 0.1) is 6.92 Å². The minimum Gasteiger partial charge on any atom is -0.311 e. The normalized spacial score (nSPS) is 18.7. The van der Waals surface area contributed by atoms with Crippen molar-refractivity contribution < 1.29 is 4.79 Å². The number of fused-ring (bicyclic) bond motifs is 4. The van der Waals surface area contributed by atoms with Crippen molar-refractivity contribution in [3.8, 4) is 0 Å². The van der Waals surface area contributed by atoms with Gasteiger partial charge in [-0.05, 0) is 25.1 Å². The molecule has 1 atom stereocenters. The van der Waals surface area contributed by atoms with Crippen LogP contribution in [-0.4, -0.2) is 11.6 Å². The number of carbonyl (C=O) groups is 1. The average Bonchev–Trinajstić information content (AvgIpc) is 2.78. The second-order valence-electron chi connectivity index (χ2n) is 5.39. The summed E-state index contributed by atoms with van der Waals surface area (Å²) in [5.41, 5.74) is 4.66. The Morgan fingerprint density at radius 1 is 1.24 bits per heavy atom. The highest BCUT2D eigenvalue weighted by Gasteiger charge is 2.40. The lowest BCUT2D eigenvalue weighted by molar-refractivity contribution is 0.106. The van der Waals surface area contributed by atoms with Crippen LogP contribution in [0.25, 0.3) is 0 Å². The zero-order valence-corrected chi connectivity index (χ0v) is 11.7. The van der Waals surface area contributed by atoms with Gasteiger partial charge < -0.3 is 4.90 Å². The van der Waals surface area contributed by atoms with Crippen LogP contribution in [0.15, 0.2) is 60.1 Å². The van der Waals surface area contributed by atoms with Crippen molar-refractivity contribution >= 4 is 23.0 Å². The lowest BCUT2D eigenvalue weighted by atomic mass is 10.0. The molecule has 2 aromatic rings. The Balaban J connectivity index is 2.00. The largest absolute Gasteiger partial charge is 0.311 e. The molecule has 0 radical (unpaired) electrons. The molecule has 3 heteroatoms. The molecular weight excluding hydrogens is 260 g/mol. The number of aryl methyl sites for hydroxylation is 1. The number of hydrogen-bond donors (Lipinski definition) is 0. The van der Waals surface area contributed by atoms with Gasteiger partial charge >= 0.3 is 0 Å². The Hall–Kier alpha value is -2.68. The summed E-state index contributed by atoms with van der Waals surface area (Å²) in [7, 11) is 0. The molecule has 0 bridgehead atoms. The van der Waals surface area contributed by atoms with E-state index in [1.165, 1.54) is 0 Å². The maximum absolute atomic E-state index is 12.6. The molecule has 2 aliphatic heterocycles. The second-order valence-corrected chi connectivity index (χ2v) is 5.39. The van der Waals surface area contributed by atoms with E-state index < -0.39 is 0 Å². The molecule has 2 aromatic carbocycles. The van der Waals surface area contributed by atoms with Gasteiger partial charge in [0.15, 0.2) is 5.84 Å². The third-order valence-corrected chi connectivity index (χ3v) is 4.07. The Kier molecular flexibility index (Phi) is 2.39. The predicted molar refractivity (Wildman–Crippen MR) is 84.5 cm³/mol. The van der Waals surface area contributed by atoms with Crippen molar-refractivity contribution in [2.45, 2.75) is 13.0 Å². The van der Waals surface area contributed by atoms with Crippen molar-refractivity contribution in [1.29, 1.82) is 0 Å². The topological polar surface area (TPSA) is 32.7 Å². The summed E-state index contributed by atoms with van der Waals surface area (Å²) in [4.78, 5) is 19.2. The van der Waals surface area contributed by atoms with Crippen LogP contribution in [0.3, 0.4) is 0 Å². The maximum Gasteiger partial charge on any atom is 0.230 e. The van der Waals surface area contributed by atoms with E-state index in [-0.39, 0.29) is 11.8 Å². The third kappa shape index (κ3) is 1.54. The van der Waals surface area contributed by atoms with Crippen LogP contribution in [-0.2, 0) is 0 Å². The van der Waals surface area contributed by atoms with Crippen LogP contribution < -0.4 is 4.90 Å². The smallest absolute Gasteiger partial charge is 0.230 e. The van der Waals surface area contributed by atoms with E-state index in [1.807, 2.05) is 60.4 Å². The first-order valence-corrected chi connectivity index (χ1v) is 6.95. The van der Waals surface area contributed by atoms with E-state index in [1.54, 1.807) is 0 Å². The molecule has 2 aliphatic rings. The van der Waals surface area contributed by atoms with Gasteiger partial charge in [0.25, 0.3) is 0 Å². The Morgan fingerprint density at radius 3 is 2.86 bits per heavy atom. The Bertz CT molecular complexity index is 820. The molecular formula is C18H14N2O. The number of carbonyl (C=O) groups excluding carboxylic acids is 1. The number of benzene rings is 2. The molecule has 0 fully saturated rings. The molecule has 0 aromatic heterocycles. The summed E-state index contributed by atoms with van der Waals surface area (Å²) in [6, 6.07) is 13.8. The molecule has 3 nitrogen and oxygen atoms in total. The number of nitrogens with zero attached hydrogens (tertiary/aromatic N) is 2. The van der Waals surface area contributed by atoms with E-state index >= 15 is 0 Å². The standard InChI is InChI=1S/C18H14N2O/c1-3-15-12-6-4-5-7-14(12)19-18-17(21)13-10-11(2)8-9-16(13)20(15)18/h3-10,15H,1H2,2H3/t15-/m0/s1. The van der Waals surface area contributed by atoms with Gasteiger partial charge in [0.1, 0.15) is 0 Å². The monoisotopic (exact) mass is 274 g/mol. The highest BCUT2D eigenvalue weighted by Crippen LogP contribution is 2.43. The number of rotatable bonds is 1. The molecule has 0 saturated carbocycles. The van der Waals surface area contributed by atoms with E-state index in [4.69, 9.17) is 0 Å². The molecule has 0 N–H and O–H groups in total. The minimum atomic E-state index is -0.0541. The molecule has 0 aliphatic carbocycles. The number of ketones is 1. The van der Waals surface area contributed by atoms with Gasteiger partial charge in [0.2, 0.25) is 5.78 Å². The fourth-order valence-electron chi connectivity index (χ4n) is 3.10. The summed E-state index contributed by atoms with van der Waals surface area (Å²) in [6.45, 7) is 5.94. The van der Waals surface area contributed by atoms with E-state index in [0.29, 0.717) is 5.84 Å². The SMILES string of the molecule is C=C[C@H]1c2ccccc2N=C2C(=O)c3cc(C)ccc3N21. The Morgan fingerprint density at radius 2 is 2.05 bits per heavy atom. The molecule has 0 saturated heterocycles. The summed E-state index contributed by atoms with van der Waals surface area (Å²) in [5, 5.41) is 0. The minimum absolute atomic E-state index is 0.00458. The summed E-state index contributed by atoms with van der Waals surface area (Å²) in [5.74, 6) is 0.495. The lowest BCUT2D eigenvalue weighted by Crippen LogP contribution is -2.35. The molecule has 2 heterocycles. The van der Waals surface area contributed by atoms with E-state index in [2.05, 4.69) is 11.6 Å². The van der Waals surface area contributed by atoms with Crippen LogP contribution in [0.4, 0.5) is 11.4 Å². The van der Waals surface area contributed by atoms with Crippen LogP contribution in [0.5, 0.6) is 0 Å². The fraction of sp³-hybridized carbons (Fsp3) is 0.111. The maximum atomic E-state index is 12.6. The summed E-state index contributed by atoms with van der Waals surface area (Å²) < 4.78 is 0. The molecule has 0 unspecified atom stereocenters. The first-order valence-electron chi connectivity index (χ1n) is 6.95. The van der Waals surface area contributed by atoms with Gasteiger partial charge in [0.05, 0.1) is 17.4 Å². The molecule has 102 valence electrons. The number of hydrogen-bond acceptors (Lipinski definition) is 3. The van der Waals surface area contributed by atoms with E-state index in [0.717, 1.165) is 28.1 Å². The first-order chi connectivity index (χ1) is 10.2.